The molecule has 2 amide bonds. The average Bonchev–Trinajstić information content (AvgIpc) is 2.19. The zero-order valence-corrected chi connectivity index (χ0v) is 9.86. The number of anilines is 1. The van der Waals surface area contributed by atoms with Crippen LogP contribution in [-0.2, 0) is 6.18 Å². The molecule has 1 aromatic carbocycles. The highest BCUT2D eigenvalue weighted by Gasteiger charge is 2.31. The summed E-state index contributed by atoms with van der Waals surface area (Å²) < 4.78 is 37.3. The summed E-state index contributed by atoms with van der Waals surface area (Å²) in [4.78, 5) is 12.5. The van der Waals surface area contributed by atoms with Crippen LogP contribution in [0.2, 0.25) is 5.02 Å². The Bertz CT molecular complexity index is 432. The molecule has 0 heterocycles. The summed E-state index contributed by atoms with van der Waals surface area (Å²) >= 11 is 5.69. The number of rotatable bonds is 1. The number of nitrogens with zero attached hydrogens (tertiary/aromatic N) is 1. The monoisotopic (exact) mass is 266 g/mol. The van der Waals surface area contributed by atoms with Crippen LogP contribution in [0.1, 0.15) is 5.56 Å². The van der Waals surface area contributed by atoms with E-state index in [9.17, 15) is 18.0 Å². The van der Waals surface area contributed by atoms with Crippen LogP contribution in [-0.4, -0.2) is 25.0 Å². The Morgan fingerprint density at radius 1 is 1.35 bits per heavy atom. The number of hydrogen-bond acceptors (Lipinski definition) is 1. The highest BCUT2D eigenvalue weighted by Crippen LogP contribution is 2.33. The van der Waals surface area contributed by atoms with Gasteiger partial charge in [0.2, 0.25) is 0 Å². The standard InChI is InChI=1S/C10H10ClF3N2O/c1-16(2)9(17)15-8-5-6(10(12,13)14)3-4-7(8)11/h3-5H,1-2H3,(H,15,17). The van der Waals surface area contributed by atoms with Crippen molar-refractivity contribution in [3.8, 4) is 0 Å². The molecule has 94 valence electrons. The summed E-state index contributed by atoms with van der Waals surface area (Å²) in [6.45, 7) is 0. The van der Waals surface area contributed by atoms with Gasteiger partial charge in [0, 0.05) is 14.1 Å². The molecule has 1 aromatic rings. The molecule has 0 spiro atoms. The Morgan fingerprint density at radius 3 is 2.41 bits per heavy atom. The molecule has 17 heavy (non-hydrogen) atoms. The van der Waals surface area contributed by atoms with Crippen LogP contribution in [0.4, 0.5) is 23.7 Å². The minimum absolute atomic E-state index is 0.0493. The van der Waals surface area contributed by atoms with E-state index < -0.39 is 17.8 Å². The first-order valence-electron chi connectivity index (χ1n) is 4.57. The fourth-order valence-electron chi connectivity index (χ4n) is 1.02. The molecule has 0 saturated heterocycles. The van der Waals surface area contributed by atoms with E-state index in [4.69, 9.17) is 11.6 Å². The van der Waals surface area contributed by atoms with Gasteiger partial charge in [-0.3, -0.25) is 0 Å². The van der Waals surface area contributed by atoms with Crippen LogP contribution in [0.3, 0.4) is 0 Å². The van der Waals surface area contributed by atoms with E-state index in [-0.39, 0.29) is 10.7 Å². The highest BCUT2D eigenvalue weighted by atomic mass is 35.5. The van der Waals surface area contributed by atoms with E-state index in [1.807, 2.05) is 0 Å². The second kappa shape index (κ2) is 4.83. The number of benzene rings is 1. The molecule has 3 nitrogen and oxygen atoms in total. The van der Waals surface area contributed by atoms with E-state index in [1.54, 1.807) is 0 Å². The topological polar surface area (TPSA) is 32.3 Å². The lowest BCUT2D eigenvalue weighted by Gasteiger charge is -2.14. The first-order valence-corrected chi connectivity index (χ1v) is 4.94. The van der Waals surface area contributed by atoms with Gasteiger partial charge in [-0.05, 0) is 18.2 Å². The van der Waals surface area contributed by atoms with Crippen molar-refractivity contribution >= 4 is 23.3 Å². The van der Waals surface area contributed by atoms with Crippen LogP contribution in [0, 0.1) is 0 Å². The summed E-state index contributed by atoms with van der Waals surface area (Å²) in [5, 5.41) is 2.33. The van der Waals surface area contributed by atoms with Crippen LogP contribution in [0.15, 0.2) is 18.2 Å². The molecule has 1 N–H and O–H groups in total. The average molecular weight is 267 g/mol. The Morgan fingerprint density at radius 2 is 1.94 bits per heavy atom. The fraction of sp³-hybridized carbons (Fsp3) is 0.300. The van der Waals surface area contributed by atoms with Gasteiger partial charge in [-0.2, -0.15) is 13.2 Å². The van der Waals surface area contributed by atoms with Crippen LogP contribution < -0.4 is 5.32 Å². The van der Waals surface area contributed by atoms with Gasteiger partial charge >= 0.3 is 12.2 Å². The van der Waals surface area contributed by atoms with Crippen molar-refractivity contribution in [1.29, 1.82) is 0 Å². The molecule has 0 aliphatic rings. The molecule has 0 atom stereocenters. The maximum Gasteiger partial charge on any atom is 0.416 e. The van der Waals surface area contributed by atoms with Gasteiger partial charge in [0.25, 0.3) is 0 Å². The van der Waals surface area contributed by atoms with E-state index >= 15 is 0 Å². The lowest BCUT2D eigenvalue weighted by Crippen LogP contribution is -2.27. The molecular weight excluding hydrogens is 257 g/mol. The third-order valence-electron chi connectivity index (χ3n) is 1.94. The van der Waals surface area contributed by atoms with Crippen molar-refractivity contribution in [2.75, 3.05) is 19.4 Å². The second-order valence-electron chi connectivity index (χ2n) is 3.52. The molecule has 0 bridgehead atoms. The number of carbonyl (C=O) groups is 1. The van der Waals surface area contributed by atoms with Crippen molar-refractivity contribution in [1.82, 2.24) is 4.90 Å². The molecule has 0 aliphatic heterocycles. The summed E-state index contributed by atoms with van der Waals surface area (Å²) in [6.07, 6.45) is -4.47. The molecule has 0 unspecified atom stereocenters. The van der Waals surface area contributed by atoms with E-state index in [0.717, 1.165) is 18.2 Å². The molecule has 7 heteroatoms. The van der Waals surface area contributed by atoms with Crippen molar-refractivity contribution < 1.29 is 18.0 Å². The maximum atomic E-state index is 12.4. The van der Waals surface area contributed by atoms with Crippen molar-refractivity contribution in [3.05, 3.63) is 28.8 Å². The zero-order chi connectivity index (χ0) is 13.2. The smallest absolute Gasteiger partial charge is 0.331 e. The highest BCUT2D eigenvalue weighted by molar-refractivity contribution is 6.33. The number of hydrogen-bond donors (Lipinski definition) is 1. The SMILES string of the molecule is CN(C)C(=O)Nc1cc(C(F)(F)F)ccc1Cl. The van der Waals surface area contributed by atoms with Gasteiger partial charge in [0.15, 0.2) is 0 Å². The zero-order valence-electron chi connectivity index (χ0n) is 9.10. The quantitative estimate of drug-likeness (QED) is 0.830. The van der Waals surface area contributed by atoms with Gasteiger partial charge in [-0.15, -0.1) is 0 Å². The van der Waals surface area contributed by atoms with Gasteiger partial charge in [-0.25, -0.2) is 4.79 Å². The van der Waals surface area contributed by atoms with Gasteiger partial charge in [0.05, 0.1) is 16.3 Å². The van der Waals surface area contributed by atoms with E-state index in [2.05, 4.69) is 5.32 Å². The Labute approximate surface area is 101 Å². The van der Waals surface area contributed by atoms with E-state index in [0.29, 0.717) is 0 Å². The minimum atomic E-state index is -4.47. The van der Waals surface area contributed by atoms with E-state index in [1.165, 1.54) is 19.0 Å². The molecule has 0 aliphatic carbocycles. The Balaban J connectivity index is 3.03. The largest absolute Gasteiger partial charge is 0.416 e. The van der Waals surface area contributed by atoms with Crippen molar-refractivity contribution in [2.24, 2.45) is 0 Å². The van der Waals surface area contributed by atoms with Crippen LogP contribution >= 0.6 is 11.6 Å². The van der Waals surface area contributed by atoms with Crippen LogP contribution in [0.25, 0.3) is 0 Å². The minimum Gasteiger partial charge on any atom is -0.331 e. The predicted molar refractivity (Wildman–Crippen MR) is 59.2 cm³/mol. The fourth-order valence-corrected chi connectivity index (χ4v) is 1.19. The molecular formula is C10H10ClF3N2O. The normalized spacial score (nSPS) is 11.2. The van der Waals surface area contributed by atoms with Gasteiger partial charge in [0.1, 0.15) is 0 Å². The predicted octanol–water partition coefficient (Wildman–Crippen LogP) is 3.45. The van der Waals surface area contributed by atoms with Crippen molar-refractivity contribution in [2.45, 2.75) is 6.18 Å². The first-order chi connectivity index (χ1) is 7.71. The number of urea groups is 1. The lowest BCUT2D eigenvalue weighted by molar-refractivity contribution is -0.137. The molecule has 0 radical (unpaired) electrons. The van der Waals surface area contributed by atoms with Gasteiger partial charge in [-0.1, -0.05) is 11.6 Å². The number of amides is 2. The number of halogens is 4. The summed E-state index contributed by atoms with van der Waals surface area (Å²) in [5.41, 5.74) is -0.934. The summed E-state index contributed by atoms with van der Waals surface area (Å²) in [5.74, 6) is 0. The number of nitrogens with one attached hydrogen (secondary N) is 1. The summed E-state index contributed by atoms with van der Waals surface area (Å²) in [7, 11) is 2.94. The number of carbonyl (C=O) groups excluding carboxylic acids is 1. The molecule has 0 saturated carbocycles. The van der Waals surface area contributed by atoms with Crippen molar-refractivity contribution in [3.63, 3.8) is 0 Å². The molecule has 0 aromatic heterocycles. The third kappa shape index (κ3) is 3.52. The maximum absolute atomic E-state index is 12.4. The second-order valence-corrected chi connectivity index (χ2v) is 3.92. The molecule has 0 fully saturated rings. The summed E-state index contributed by atoms with van der Waals surface area (Å²) in [6, 6.07) is 2.19. The number of alkyl halides is 3. The Hall–Kier alpha value is -1.43. The lowest BCUT2D eigenvalue weighted by atomic mass is 10.2. The first kappa shape index (κ1) is 13.6. The Kier molecular flexibility index (Phi) is 3.87. The molecule has 1 rings (SSSR count). The van der Waals surface area contributed by atoms with Gasteiger partial charge < -0.3 is 10.2 Å². The van der Waals surface area contributed by atoms with Crippen LogP contribution in [0.5, 0.6) is 0 Å². The third-order valence-corrected chi connectivity index (χ3v) is 2.27.